The van der Waals surface area contributed by atoms with Crippen LogP contribution in [0.5, 0.6) is 0 Å². The third-order valence-corrected chi connectivity index (χ3v) is 5.40. The van der Waals surface area contributed by atoms with Gasteiger partial charge in [0.05, 0.1) is 0 Å². The fourth-order valence-corrected chi connectivity index (χ4v) is 3.72. The highest BCUT2D eigenvalue weighted by atomic mass is 35.5. The maximum atomic E-state index is 12.8. The van der Waals surface area contributed by atoms with E-state index in [0.29, 0.717) is 23.2 Å². The van der Waals surface area contributed by atoms with Crippen molar-refractivity contribution in [3.05, 3.63) is 35.2 Å². The molecule has 1 aliphatic heterocycles. The number of hydrogen-bond acceptors (Lipinski definition) is 4. The molecule has 2 heterocycles. The van der Waals surface area contributed by atoms with E-state index in [-0.39, 0.29) is 11.9 Å². The molecule has 27 heavy (non-hydrogen) atoms. The van der Waals surface area contributed by atoms with Crippen molar-refractivity contribution in [2.45, 2.75) is 70.8 Å². The number of unbranched alkanes of at least 4 members (excludes halogenated alkanes) is 4. The van der Waals surface area contributed by atoms with E-state index in [4.69, 9.17) is 16.1 Å². The Bertz CT molecular complexity index is 729. The van der Waals surface area contributed by atoms with Crippen LogP contribution < -0.4 is 0 Å². The molecule has 1 aromatic heterocycles. The van der Waals surface area contributed by atoms with Crippen molar-refractivity contribution in [1.82, 2.24) is 15.0 Å². The molecule has 1 atom stereocenters. The van der Waals surface area contributed by atoms with Crippen molar-refractivity contribution < 1.29 is 9.32 Å². The molecular formula is C21H28ClN3O2. The predicted octanol–water partition coefficient (Wildman–Crippen LogP) is 5.80. The number of carbonyl (C=O) groups is 1. The molecule has 146 valence electrons. The van der Waals surface area contributed by atoms with Gasteiger partial charge in [-0.25, -0.2) is 0 Å². The fourth-order valence-electron chi connectivity index (χ4n) is 3.60. The van der Waals surface area contributed by atoms with Crippen LogP contribution >= 0.6 is 11.6 Å². The Labute approximate surface area is 166 Å². The van der Waals surface area contributed by atoms with Gasteiger partial charge in [-0.15, -0.1) is 0 Å². The molecule has 0 radical (unpaired) electrons. The number of aromatic nitrogens is 2. The lowest BCUT2D eigenvalue weighted by Gasteiger charge is -2.33. The minimum Gasteiger partial charge on any atom is -0.337 e. The topological polar surface area (TPSA) is 59.2 Å². The van der Waals surface area contributed by atoms with E-state index >= 15 is 0 Å². The van der Waals surface area contributed by atoms with Crippen LogP contribution in [0.25, 0.3) is 11.4 Å². The third kappa shape index (κ3) is 5.32. The Morgan fingerprint density at radius 2 is 1.96 bits per heavy atom. The number of nitrogens with zero attached hydrogens (tertiary/aromatic N) is 3. The predicted molar refractivity (Wildman–Crippen MR) is 106 cm³/mol. The van der Waals surface area contributed by atoms with Crippen molar-refractivity contribution in [2.75, 3.05) is 6.54 Å². The van der Waals surface area contributed by atoms with Crippen LogP contribution in [0.15, 0.2) is 28.8 Å². The van der Waals surface area contributed by atoms with Gasteiger partial charge in [-0.2, -0.15) is 4.98 Å². The first-order valence-corrected chi connectivity index (χ1v) is 10.5. The van der Waals surface area contributed by atoms with Crippen LogP contribution in [0.4, 0.5) is 0 Å². The van der Waals surface area contributed by atoms with Gasteiger partial charge in [-0.05, 0) is 49.9 Å². The lowest BCUT2D eigenvalue weighted by Crippen LogP contribution is -2.38. The summed E-state index contributed by atoms with van der Waals surface area (Å²) in [6.45, 7) is 2.98. The van der Waals surface area contributed by atoms with Gasteiger partial charge < -0.3 is 9.42 Å². The summed E-state index contributed by atoms with van der Waals surface area (Å²) in [7, 11) is 0. The number of amides is 1. The van der Waals surface area contributed by atoms with Crippen LogP contribution in [0.1, 0.15) is 76.6 Å². The highest BCUT2D eigenvalue weighted by molar-refractivity contribution is 6.30. The van der Waals surface area contributed by atoms with E-state index in [0.717, 1.165) is 44.2 Å². The zero-order valence-corrected chi connectivity index (χ0v) is 16.7. The summed E-state index contributed by atoms with van der Waals surface area (Å²) in [5.41, 5.74) is 0.860. The van der Waals surface area contributed by atoms with Crippen LogP contribution in [0.3, 0.4) is 0 Å². The van der Waals surface area contributed by atoms with Gasteiger partial charge in [0.25, 0.3) is 0 Å². The lowest BCUT2D eigenvalue weighted by molar-refractivity contribution is -0.135. The molecule has 1 fully saturated rings. The van der Waals surface area contributed by atoms with Crippen molar-refractivity contribution in [1.29, 1.82) is 0 Å². The smallest absolute Gasteiger partial charge is 0.249 e. The highest BCUT2D eigenvalue weighted by Gasteiger charge is 2.31. The molecule has 1 aromatic carbocycles. The van der Waals surface area contributed by atoms with E-state index in [1.807, 2.05) is 29.2 Å². The van der Waals surface area contributed by atoms with Gasteiger partial charge in [-0.1, -0.05) is 49.4 Å². The van der Waals surface area contributed by atoms with Crippen LogP contribution in [0, 0.1) is 0 Å². The average Bonchev–Trinajstić information content (AvgIpc) is 3.18. The summed E-state index contributed by atoms with van der Waals surface area (Å²) >= 11 is 5.94. The maximum Gasteiger partial charge on any atom is 0.249 e. The Morgan fingerprint density at radius 3 is 2.74 bits per heavy atom. The first-order valence-electron chi connectivity index (χ1n) is 10.1. The molecule has 1 amide bonds. The molecule has 1 saturated heterocycles. The summed E-state index contributed by atoms with van der Waals surface area (Å²) in [5.74, 6) is 1.29. The number of piperidine rings is 1. The van der Waals surface area contributed by atoms with Crippen molar-refractivity contribution >= 4 is 17.5 Å². The van der Waals surface area contributed by atoms with Gasteiger partial charge in [0.15, 0.2) is 0 Å². The average molecular weight is 390 g/mol. The van der Waals surface area contributed by atoms with Gasteiger partial charge in [0, 0.05) is 23.6 Å². The minimum atomic E-state index is -0.101. The molecule has 0 aliphatic carbocycles. The second kappa shape index (κ2) is 9.88. The first kappa shape index (κ1) is 19.9. The molecular weight excluding hydrogens is 362 g/mol. The molecule has 3 rings (SSSR count). The van der Waals surface area contributed by atoms with Crippen LogP contribution in [-0.4, -0.2) is 27.5 Å². The highest BCUT2D eigenvalue weighted by Crippen LogP contribution is 2.32. The van der Waals surface area contributed by atoms with E-state index in [9.17, 15) is 4.79 Å². The molecule has 0 saturated carbocycles. The normalized spacial score (nSPS) is 17.3. The first-order chi connectivity index (χ1) is 13.2. The van der Waals surface area contributed by atoms with Crippen LogP contribution in [-0.2, 0) is 4.79 Å². The molecule has 2 aromatic rings. The zero-order chi connectivity index (χ0) is 19.1. The number of carbonyl (C=O) groups excluding carboxylic acids is 1. The fraction of sp³-hybridized carbons (Fsp3) is 0.571. The van der Waals surface area contributed by atoms with E-state index < -0.39 is 0 Å². The van der Waals surface area contributed by atoms with Crippen molar-refractivity contribution in [3.63, 3.8) is 0 Å². The SMILES string of the molecule is CCCCCCCC(=O)N1CCCCC1c1nc(-c2ccc(Cl)cc2)no1. The quantitative estimate of drug-likeness (QED) is 0.535. The summed E-state index contributed by atoms with van der Waals surface area (Å²) in [4.78, 5) is 19.3. The standard InChI is InChI=1S/C21H28ClN3O2/c1-2-3-4-5-6-10-19(26)25-15-8-7-9-18(25)21-23-20(24-27-21)16-11-13-17(22)14-12-16/h11-14,18H,2-10,15H2,1H3. The number of hydrogen-bond donors (Lipinski definition) is 0. The monoisotopic (exact) mass is 389 g/mol. The second-order valence-corrected chi connectivity index (χ2v) is 7.66. The number of likely N-dealkylation sites (tertiary alicyclic amines) is 1. The molecule has 0 N–H and O–H groups in total. The molecule has 6 heteroatoms. The van der Waals surface area contributed by atoms with Gasteiger partial charge >= 0.3 is 0 Å². The number of benzene rings is 1. The Balaban J connectivity index is 1.64. The Kier molecular flexibility index (Phi) is 7.27. The number of halogens is 1. The van der Waals surface area contributed by atoms with Crippen molar-refractivity contribution in [2.24, 2.45) is 0 Å². The van der Waals surface area contributed by atoms with E-state index in [1.54, 1.807) is 0 Å². The summed E-state index contributed by atoms with van der Waals surface area (Å²) in [5, 5.41) is 4.79. The van der Waals surface area contributed by atoms with E-state index in [1.165, 1.54) is 19.3 Å². The van der Waals surface area contributed by atoms with E-state index in [2.05, 4.69) is 17.1 Å². The Morgan fingerprint density at radius 1 is 1.19 bits per heavy atom. The van der Waals surface area contributed by atoms with Gasteiger partial charge in [0.2, 0.25) is 17.6 Å². The molecule has 0 bridgehead atoms. The minimum absolute atomic E-state index is 0.101. The van der Waals surface area contributed by atoms with Crippen molar-refractivity contribution in [3.8, 4) is 11.4 Å². The molecule has 1 unspecified atom stereocenters. The summed E-state index contributed by atoms with van der Waals surface area (Å²) in [6.07, 6.45) is 9.36. The second-order valence-electron chi connectivity index (χ2n) is 7.23. The molecule has 5 nitrogen and oxygen atoms in total. The van der Waals surface area contributed by atoms with Crippen LogP contribution in [0.2, 0.25) is 5.02 Å². The third-order valence-electron chi connectivity index (χ3n) is 5.15. The number of rotatable bonds is 8. The Hall–Kier alpha value is -1.88. The lowest BCUT2D eigenvalue weighted by atomic mass is 10.0. The van der Waals surface area contributed by atoms with Gasteiger partial charge in [-0.3, -0.25) is 4.79 Å². The largest absolute Gasteiger partial charge is 0.337 e. The van der Waals surface area contributed by atoms with Gasteiger partial charge in [0.1, 0.15) is 6.04 Å². The summed E-state index contributed by atoms with van der Waals surface area (Å²) in [6, 6.07) is 7.26. The maximum absolute atomic E-state index is 12.8. The zero-order valence-electron chi connectivity index (χ0n) is 16.0. The molecule has 1 aliphatic rings. The summed E-state index contributed by atoms with van der Waals surface area (Å²) < 4.78 is 5.54. The molecule has 0 spiro atoms.